The number of cyclic esters (lactones) is 1. The molecule has 0 radical (unpaired) electrons. The second kappa shape index (κ2) is 11.3. The molecule has 5 N–H and O–H groups in total. The van der Waals surface area contributed by atoms with Gasteiger partial charge in [-0.15, -0.1) is 0 Å². The maximum Gasteiger partial charge on any atom is 0.331 e. The van der Waals surface area contributed by atoms with Crippen LogP contribution in [0.15, 0.2) is 65.3 Å². The van der Waals surface area contributed by atoms with E-state index in [9.17, 15) is 24.9 Å². The smallest absolute Gasteiger partial charge is 0.331 e. The van der Waals surface area contributed by atoms with Crippen molar-refractivity contribution in [2.24, 2.45) is 33.7 Å². The Morgan fingerprint density at radius 1 is 1.04 bits per heavy atom. The average molecular weight is 672 g/mol. The first-order valence-electron chi connectivity index (χ1n) is 17.2. The highest BCUT2D eigenvalue weighted by Crippen LogP contribution is 2.70. The highest BCUT2D eigenvalue weighted by atomic mass is 35.5. The van der Waals surface area contributed by atoms with Crippen LogP contribution in [-0.4, -0.2) is 62.3 Å². The third kappa shape index (κ3) is 4.57. The second-order valence-electron chi connectivity index (χ2n) is 15.1. The molecule has 0 unspecified atom stereocenters. The number of hydrogen-bond acceptors (Lipinski definition) is 7. The summed E-state index contributed by atoms with van der Waals surface area (Å²) >= 11 is 6.36. The molecule has 1 amide bonds. The zero-order valence-electron chi connectivity index (χ0n) is 27.0. The lowest BCUT2D eigenvalue weighted by molar-refractivity contribution is -0.237. The number of aromatic amines is 1. The van der Waals surface area contributed by atoms with Crippen molar-refractivity contribution in [3.63, 3.8) is 0 Å². The molecule has 48 heavy (non-hydrogen) atoms. The van der Waals surface area contributed by atoms with Crippen LogP contribution < -0.4 is 5.43 Å². The molecule has 4 fully saturated rings. The van der Waals surface area contributed by atoms with Gasteiger partial charge in [-0.2, -0.15) is 5.10 Å². The minimum absolute atomic E-state index is 0.0535. The van der Waals surface area contributed by atoms with Gasteiger partial charge >= 0.3 is 5.97 Å². The van der Waals surface area contributed by atoms with Crippen LogP contribution in [0.25, 0.3) is 22.0 Å². The number of carbonyl (C=O) groups is 2. The van der Waals surface area contributed by atoms with Crippen LogP contribution in [0.5, 0.6) is 0 Å². The van der Waals surface area contributed by atoms with E-state index in [1.165, 1.54) is 0 Å². The van der Waals surface area contributed by atoms with Crippen LogP contribution in [0.4, 0.5) is 0 Å². The van der Waals surface area contributed by atoms with Crippen LogP contribution in [0.2, 0.25) is 5.02 Å². The fourth-order valence-corrected chi connectivity index (χ4v) is 11.0. The number of ether oxygens (including phenoxy) is 1. The Morgan fingerprint density at radius 3 is 2.60 bits per heavy atom. The van der Waals surface area contributed by atoms with E-state index in [4.69, 9.17) is 16.3 Å². The quantitative estimate of drug-likeness (QED) is 0.130. The molecule has 3 aromatic rings. The summed E-state index contributed by atoms with van der Waals surface area (Å²) in [6.45, 7) is 2.45. The van der Waals surface area contributed by atoms with Crippen molar-refractivity contribution in [1.82, 2.24) is 10.4 Å². The molecular weight excluding hydrogens is 630 g/mol. The Kier molecular flexibility index (Phi) is 7.45. The zero-order chi connectivity index (χ0) is 33.5. The van der Waals surface area contributed by atoms with Crippen molar-refractivity contribution in [2.45, 2.75) is 82.0 Å². The molecule has 1 aromatic heterocycles. The fraction of sp³-hybridized carbons (Fsp3) is 0.500. The van der Waals surface area contributed by atoms with Gasteiger partial charge in [-0.05, 0) is 98.5 Å². The number of esters is 1. The molecule has 5 aliphatic rings. The predicted octanol–water partition coefficient (Wildman–Crippen LogP) is 5.92. The molecule has 2 heterocycles. The second-order valence-corrected chi connectivity index (χ2v) is 15.6. The number of aliphatic hydroxyl groups is 3. The Hall–Kier alpha value is -3.50. The van der Waals surface area contributed by atoms with Gasteiger partial charge in [0.1, 0.15) is 12.3 Å². The molecule has 8 rings (SSSR count). The summed E-state index contributed by atoms with van der Waals surface area (Å²) in [7, 11) is 0. The van der Waals surface area contributed by atoms with Crippen LogP contribution in [0.3, 0.4) is 0 Å². The molecule has 252 valence electrons. The SMILES string of the molecule is C[C@]12CC[C@H]3[C@@H](CC[C@]4(O)C[C@H](O)CC[C@]34/C=N\NC(=O)c3[nH]c4ccc(Cl)cc4c3-c3ccccc3)[C@]1(O)CC[C@H]2C1=CC(=O)OC1. The van der Waals surface area contributed by atoms with Crippen LogP contribution >= 0.6 is 11.6 Å². The first kappa shape index (κ1) is 31.7. The maximum atomic E-state index is 13.9. The van der Waals surface area contributed by atoms with Crippen molar-refractivity contribution in [2.75, 3.05) is 6.61 Å². The molecule has 4 saturated carbocycles. The number of aromatic nitrogens is 1. The number of amides is 1. The van der Waals surface area contributed by atoms with Gasteiger partial charge in [-0.25, -0.2) is 10.2 Å². The summed E-state index contributed by atoms with van der Waals surface area (Å²) in [5, 5.41) is 41.8. The summed E-state index contributed by atoms with van der Waals surface area (Å²) in [6.07, 6.45) is 7.83. The highest BCUT2D eigenvalue weighted by molar-refractivity contribution is 6.31. The van der Waals surface area contributed by atoms with E-state index in [1.54, 1.807) is 18.4 Å². The number of aliphatic hydroxyl groups excluding tert-OH is 1. The van der Waals surface area contributed by atoms with Crippen LogP contribution in [0, 0.1) is 28.6 Å². The average Bonchev–Trinajstić information content (AvgIpc) is 3.74. The number of nitrogens with one attached hydrogen (secondary N) is 2. The molecular formula is C38H42ClN3O6. The Labute approximate surface area is 284 Å². The Bertz CT molecular complexity index is 1860. The van der Waals surface area contributed by atoms with E-state index in [1.807, 2.05) is 42.5 Å². The van der Waals surface area contributed by atoms with Gasteiger partial charge in [0.2, 0.25) is 0 Å². The number of benzene rings is 2. The van der Waals surface area contributed by atoms with Gasteiger partial charge in [0, 0.05) is 51.0 Å². The number of carbonyl (C=O) groups excluding carboxylic acids is 2. The molecule has 0 spiro atoms. The molecule has 0 bridgehead atoms. The first-order chi connectivity index (χ1) is 23.0. The summed E-state index contributed by atoms with van der Waals surface area (Å²) in [5.74, 6) is -0.897. The fourth-order valence-electron chi connectivity index (χ4n) is 10.9. The topological polar surface area (TPSA) is 144 Å². The number of hydrazone groups is 1. The Morgan fingerprint density at radius 2 is 1.83 bits per heavy atom. The third-order valence-electron chi connectivity index (χ3n) is 13.2. The van der Waals surface area contributed by atoms with E-state index in [0.29, 0.717) is 42.8 Å². The number of halogens is 1. The van der Waals surface area contributed by atoms with Crippen molar-refractivity contribution in [3.8, 4) is 11.1 Å². The largest absolute Gasteiger partial charge is 0.458 e. The van der Waals surface area contributed by atoms with Crippen LogP contribution in [0.1, 0.15) is 75.2 Å². The van der Waals surface area contributed by atoms with Gasteiger partial charge in [-0.1, -0.05) is 48.9 Å². The molecule has 1 aliphatic heterocycles. The van der Waals surface area contributed by atoms with E-state index < -0.39 is 34.0 Å². The van der Waals surface area contributed by atoms with Crippen molar-refractivity contribution >= 4 is 40.6 Å². The highest BCUT2D eigenvalue weighted by Gasteiger charge is 2.71. The number of H-pyrrole nitrogens is 1. The monoisotopic (exact) mass is 671 g/mol. The lowest BCUT2D eigenvalue weighted by Crippen LogP contribution is -2.68. The molecule has 0 saturated heterocycles. The number of fused-ring (bicyclic) bond motifs is 6. The molecule has 10 heteroatoms. The lowest BCUT2D eigenvalue weighted by atomic mass is 9.41. The standard InChI is InChI=1S/C38H42ClN3O6/c1-35-13-10-28-29(38(35,47)16-12-27(35)23-17-31(44)48-20-23)11-15-37(46)19-25(43)9-14-36(28,37)21-40-42-34(45)33-32(22-5-3-2-4-6-22)26-18-24(39)7-8-30(26)41-33/h2-8,17-18,21,25,27-29,41,43,46-47H,9-16,19-20H2,1H3,(H,42,45)/b40-21-/t25-,27+,28+,29-,35-,36+,37+,38-/m1/s1. The minimum Gasteiger partial charge on any atom is -0.458 e. The zero-order valence-corrected chi connectivity index (χ0v) is 27.8. The number of nitrogens with zero attached hydrogens (tertiary/aromatic N) is 1. The van der Waals surface area contributed by atoms with Gasteiger partial charge in [0.25, 0.3) is 5.91 Å². The Balaban J connectivity index is 1.13. The van der Waals surface area contributed by atoms with Crippen molar-refractivity contribution < 1.29 is 29.6 Å². The molecule has 8 atom stereocenters. The summed E-state index contributed by atoms with van der Waals surface area (Å²) in [6, 6.07) is 15.1. The van der Waals surface area contributed by atoms with Crippen molar-refractivity contribution in [1.29, 1.82) is 0 Å². The number of hydrogen-bond donors (Lipinski definition) is 5. The van der Waals surface area contributed by atoms with Crippen LogP contribution in [-0.2, 0) is 9.53 Å². The van der Waals surface area contributed by atoms with E-state index in [2.05, 4.69) is 22.4 Å². The lowest BCUT2D eigenvalue weighted by Gasteiger charge is -2.65. The molecule has 2 aromatic carbocycles. The first-order valence-corrected chi connectivity index (χ1v) is 17.6. The van der Waals surface area contributed by atoms with Gasteiger partial charge in [-0.3, -0.25) is 4.79 Å². The molecule has 9 nitrogen and oxygen atoms in total. The normalized spacial score (nSPS) is 37.5. The minimum atomic E-state index is -1.23. The van der Waals surface area contributed by atoms with Crippen molar-refractivity contribution in [3.05, 3.63) is 70.9 Å². The predicted molar refractivity (Wildman–Crippen MR) is 182 cm³/mol. The van der Waals surface area contributed by atoms with E-state index in [-0.39, 0.29) is 36.8 Å². The van der Waals surface area contributed by atoms with Gasteiger partial charge in [0.15, 0.2) is 0 Å². The third-order valence-corrected chi connectivity index (χ3v) is 13.4. The van der Waals surface area contributed by atoms with E-state index >= 15 is 0 Å². The van der Waals surface area contributed by atoms with Gasteiger partial charge < -0.3 is 25.0 Å². The van der Waals surface area contributed by atoms with E-state index in [0.717, 1.165) is 46.9 Å². The molecule has 4 aliphatic carbocycles. The summed E-state index contributed by atoms with van der Waals surface area (Å²) in [5.41, 5.74) is 2.95. The van der Waals surface area contributed by atoms with Gasteiger partial charge in [0.05, 0.1) is 17.3 Å². The summed E-state index contributed by atoms with van der Waals surface area (Å²) in [4.78, 5) is 29.1. The maximum absolute atomic E-state index is 13.9. The summed E-state index contributed by atoms with van der Waals surface area (Å²) < 4.78 is 5.27. The number of rotatable bonds is 5.